The zero-order valence-electron chi connectivity index (χ0n) is 14.7. The lowest BCUT2D eigenvalue weighted by Crippen LogP contribution is -2.38. The van der Waals surface area contributed by atoms with Crippen LogP contribution in [0.25, 0.3) is 0 Å². The summed E-state index contributed by atoms with van der Waals surface area (Å²) < 4.78 is 17.3. The van der Waals surface area contributed by atoms with Crippen LogP contribution in [0.15, 0.2) is 59.6 Å². The molecule has 6 heteroatoms. The largest absolute Gasteiger partial charge is 0.497 e. The van der Waals surface area contributed by atoms with Crippen molar-refractivity contribution >= 4 is 16.8 Å². The molecule has 25 heavy (non-hydrogen) atoms. The molecule has 2 aromatic carbocycles. The summed E-state index contributed by atoms with van der Waals surface area (Å²) in [7, 11) is 2.49. The maximum atomic E-state index is 12.1. The summed E-state index contributed by atoms with van der Waals surface area (Å²) in [5, 5.41) is 6.45. The Morgan fingerprint density at radius 2 is 1.76 bits per heavy atom. The highest BCUT2D eigenvalue weighted by Crippen LogP contribution is 2.10. The summed E-state index contributed by atoms with van der Waals surface area (Å²) in [6, 6.07) is 17.8. The van der Waals surface area contributed by atoms with Gasteiger partial charge in [-0.1, -0.05) is 42.5 Å². The smallest absolute Gasteiger partial charge is 0.191 e. The average molecular weight is 359 g/mol. The molecule has 0 saturated carbocycles. The van der Waals surface area contributed by atoms with Gasteiger partial charge in [-0.25, -0.2) is 0 Å². The molecule has 1 unspecified atom stereocenters. The Morgan fingerprint density at radius 1 is 1.04 bits per heavy atom. The molecule has 0 heterocycles. The van der Waals surface area contributed by atoms with Crippen LogP contribution in [0.3, 0.4) is 0 Å². The first-order valence-electron chi connectivity index (χ1n) is 8.17. The summed E-state index contributed by atoms with van der Waals surface area (Å²) >= 11 is 0. The van der Waals surface area contributed by atoms with Gasteiger partial charge in [-0.15, -0.1) is 0 Å². The highest BCUT2D eigenvalue weighted by Gasteiger charge is 2.03. The first kappa shape index (κ1) is 19.0. The Hall–Kier alpha value is -2.34. The zero-order valence-corrected chi connectivity index (χ0v) is 15.5. The molecule has 1 atom stereocenters. The van der Waals surface area contributed by atoms with Gasteiger partial charge in [-0.05, 0) is 23.3 Å². The number of methoxy groups -OCH3 is 1. The fraction of sp³-hybridized carbons (Fsp3) is 0.316. The third kappa shape index (κ3) is 6.97. The molecule has 0 aliphatic carbocycles. The van der Waals surface area contributed by atoms with Crippen LogP contribution in [0.2, 0.25) is 0 Å². The molecule has 0 aliphatic rings. The first-order chi connectivity index (χ1) is 12.2. The zero-order chi connectivity index (χ0) is 17.9. The molecule has 0 bridgehead atoms. The fourth-order valence-electron chi connectivity index (χ4n) is 2.27. The third-order valence-electron chi connectivity index (χ3n) is 3.64. The number of aliphatic imine (C=N–C) groups is 1. The van der Waals surface area contributed by atoms with Crippen molar-refractivity contribution in [2.24, 2.45) is 4.99 Å². The van der Waals surface area contributed by atoms with E-state index in [9.17, 15) is 4.21 Å². The highest BCUT2D eigenvalue weighted by molar-refractivity contribution is 7.84. The van der Waals surface area contributed by atoms with Crippen molar-refractivity contribution in [1.82, 2.24) is 10.6 Å². The van der Waals surface area contributed by atoms with Gasteiger partial charge in [0.15, 0.2) is 5.96 Å². The molecular weight excluding hydrogens is 334 g/mol. The van der Waals surface area contributed by atoms with E-state index in [0.29, 0.717) is 30.6 Å². The number of nitrogens with one attached hydrogen (secondary N) is 2. The quantitative estimate of drug-likeness (QED) is 0.561. The van der Waals surface area contributed by atoms with Crippen molar-refractivity contribution in [3.05, 3.63) is 65.7 Å². The summed E-state index contributed by atoms with van der Waals surface area (Å²) in [6.07, 6.45) is 0. The Balaban J connectivity index is 1.70. The molecule has 5 nitrogen and oxygen atoms in total. The van der Waals surface area contributed by atoms with Crippen molar-refractivity contribution in [3.63, 3.8) is 0 Å². The van der Waals surface area contributed by atoms with Gasteiger partial charge in [0, 0.05) is 42.4 Å². The minimum atomic E-state index is -0.892. The summed E-state index contributed by atoms with van der Waals surface area (Å²) in [5.74, 6) is 2.71. The van der Waals surface area contributed by atoms with E-state index in [1.54, 1.807) is 14.2 Å². The molecule has 0 saturated heterocycles. The third-order valence-corrected chi connectivity index (χ3v) is 4.95. The van der Waals surface area contributed by atoms with Crippen LogP contribution in [0, 0.1) is 0 Å². The molecule has 0 aromatic heterocycles. The number of ether oxygens (including phenoxy) is 1. The van der Waals surface area contributed by atoms with Crippen molar-refractivity contribution in [3.8, 4) is 5.75 Å². The lowest BCUT2D eigenvalue weighted by atomic mass is 10.2. The van der Waals surface area contributed by atoms with E-state index in [2.05, 4.69) is 15.6 Å². The van der Waals surface area contributed by atoms with E-state index < -0.39 is 10.8 Å². The second-order valence-electron chi connectivity index (χ2n) is 5.47. The van der Waals surface area contributed by atoms with Gasteiger partial charge in [-0.2, -0.15) is 0 Å². The van der Waals surface area contributed by atoms with Gasteiger partial charge in [-0.3, -0.25) is 9.20 Å². The van der Waals surface area contributed by atoms with Crippen LogP contribution >= 0.6 is 0 Å². The Labute approximate surface area is 152 Å². The average Bonchev–Trinajstić information content (AvgIpc) is 2.65. The van der Waals surface area contributed by atoms with Gasteiger partial charge >= 0.3 is 0 Å². The van der Waals surface area contributed by atoms with Crippen molar-refractivity contribution in [2.45, 2.75) is 12.3 Å². The normalized spacial score (nSPS) is 12.5. The Bertz CT molecular complexity index is 688. The number of guanidine groups is 1. The van der Waals surface area contributed by atoms with E-state index in [0.717, 1.165) is 16.9 Å². The lowest BCUT2D eigenvalue weighted by molar-refractivity contribution is 0.414. The van der Waals surface area contributed by atoms with Gasteiger partial charge in [0.1, 0.15) is 5.75 Å². The fourth-order valence-corrected chi connectivity index (χ4v) is 3.30. The molecule has 0 aliphatic heterocycles. The van der Waals surface area contributed by atoms with Crippen molar-refractivity contribution < 1.29 is 8.95 Å². The molecule has 0 amide bonds. The van der Waals surface area contributed by atoms with Crippen LogP contribution < -0.4 is 15.4 Å². The second kappa shape index (κ2) is 10.5. The van der Waals surface area contributed by atoms with Crippen LogP contribution in [0.5, 0.6) is 5.75 Å². The minimum Gasteiger partial charge on any atom is -0.497 e. The van der Waals surface area contributed by atoms with E-state index in [1.807, 2.05) is 54.6 Å². The second-order valence-corrected chi connectivity index (χ2v) is 7.05. The molecule has 2 rings (SSSR count). The summed E-state index contributed by atoms with van der Waals surface area (Å²) in [4.78, 5) is 4.19. The number of hydrogen-bond acceptors (Lipinski definition) is 3. The van der Waals surface area contributed by atoms with Crippen LogP contribution in [0.4, 0.5) is 0 Å². The van der Waals surface area contributed by atoms with Gasteiger partial charge < -0.3 is 15.4 Å². The SMILES string of the molecule is CN=C(NCCS(=O)Cc1ccccc1)NCc1ccc(OC)cc1. The Kier molecular flexibility index (Phi) is 7.98. The number of nitrogens with zero attached hydrogens (tertiary/aromatic N) is 1. The Morgan fingerprint density at radius 3 is 2.40 bits per heavy atom. The summed E-state index contributed by atoms with van der Waals surface area (Å²) in [5.41, 5.74) is 2.24. The van der Waals surface area contributed by atoms with Crippen molar-refractivity contribution in [2.75, 3.05) is 26.5 Å². The van der Waals surface area contributed by atoms with E-state index in [-0.39, 0.29) is 0 Å². The summed E-state index contributed by atoms with van der Waals surface area (Å²) in [6.45, 7) is 1.28. The van der Waals surface area contributed by atoms with Gasteiger partial charge in [0.2, 0.25) is 0 Å². The lowest BCUT2D eigenvalue weighted by Gasteiger charge is -2.12. The maximum absolute atomic E-state index is 12.1. The van der Waals surface area contributed by atoms with Crippen LogP contribution in [0.1, 0.15) is 11.1 Å². The van der Waals surface area contributed by atoms with Crippen molar-refractivity contribution in [1.29, 1.82) is 0 Å². The first-order valence-corrected chi connectivity index (χ1v) is 9.66. The number of benzene rings is 2. The van der Waals surface area contributed by atoms with E-state index >= 15 is 0 Å². The molecule has 2 aromatic rings. The topological polar surface area (TPSA) is 62.7 Å². The van der Waals surface area contributed by atoms with Gasteiger partial charge in [0.25, 0.3) is 0 Å². The van der Waals surface area contributed by atoms with Crippen LogP contribution in [-0.4, -0.2) is 36.6 Å². The molecule has 0 spiro atoms. The number of rotatable bonds is 8. The predicted octanol–water partition coefficient (Wildman–Crippen LogP) is 2.31. The molecule has 134 valence electrons. The maximum Gasteiger partial charge on any atom is 0.191 e. The van der Waals surface area contributed by atoms with Gasteiger partial charge in [0.05, 0.1) is 7.11 Å². The molecular formula is C19H25N3O2S. The number of hydrogen-bond donors (Lipinski definition) is 2. The standard InChI is InChI=1S/C19H25N3O2S/c1-20-19(22-14-16-8-10-18(24-2)11-9-16)21-12-13-25(23)15-17-6-4-3-5-7-17/h3-11H,12-15H2,1-2H3,(H2,20,21,22). The van der Waals surface area contributed by atoms with Crippen LogP contribution in [-0.2, 0) is 23.1 Å². The van der Waals surface area contributed by atoms with E-state index in [4.69, 9.17) is 4.74 Å². The minimum absolute atomic E-state index is 0.581. The highest BCUT2D eigenvalue weighted by atomic mass is 32.2. The molecule has 0 fully saturated rings. The van der Waals surface area contributed by atoms with E-state index in [1.165, 1.54) is 0 Å². The predicted molar refractivity (Wildman–Crippen MR) is 104 cm³/mol. The monoisotopic (exact) mass is 359 g/mol. The molecule has 0 radical (unpaired) electrons. The molecule has 2 N–H and O–H groups in total.